The predicted molar refractivity (Wildman–Crippen MR) is 46.1 cm³/mol. The van der Waals surface area contributed by atoms with Gasteiger partial charge in [0.2, 0.25) is 0 Å². The molecule has 7 heteroatoms. The maximum absolute atomic E-state index is 12.2. The van der Waals surface area contributed by atoms with Gasteiger partial charge in [-0.2, -0.15) is 0 Å². The molecule has 2 N–H and O–H groups in total. The Morgan fingerprint density at radius 2 is 1.86 bits per heavy atom. The van der Waals surface area contributed by atoms with E-state index in [2.05, 4.69) is 0 Å². The Bertz CT molecular complexity index is 318. The van der Waals surface area contributed by atoms with Crippen LogP contribution in [0.3, 0.4) is 0 Å². The zero-order chi connectivity index (χ0) is 10.1. The molecule has 0 aromatic heterocycles. The molecule has 0 heterocycles. The molecule has 2 nitrogen and oxygen atoms in total. The maximum atomic E-state index is 12.2. The number of ether oxygens (including phenoxy) is 1. The van der Waals surface area contributed by atoms with Gasteiger partial charge in [0, 0.05) is 11.8 Å². The standard InChI is InChI=1S/C7H8BF3NO.K/c1-13-5-2-3-6(7(12)4-5)8(9,10)11;/h2-4H,12H2,1H3;/q-1;+1. The van der Waals surface area contributed by atoms with E-state index in [1.165, 1.54) is 13.2 Å². The summed E-state index contributed by atoms with van der Waals surface area (Å²) in [4.78, 5) is 0. The maximum Gasteiger partial charge on any atom is 1.00 e. The molecule has 1 aromatic rings. The third-order valence-electron chi connectivity index (χ3n) is 1.65. The second kappa shape index (κ2) is 5.41. The minimum atomic E-state index is -5.03. The fraction of sp³-hybridized carbons (Fsp3) is 0.143. The molecule has 72 valence electrons. The van der Waals surface area contributed by atoms with Gasteiger partial charge in [0.1, 0.15) is 5.75 Å². The molecule has 0 saturated carbocycles. The van der Waals surface area contributed by atoms with E-state index in [1.54, 1.807) is 0 Å². The molecule has 1 aromatic carbocycles. The number of anilines is 1. The molecule has 0 fully saturated rings. The van der Waals surface area contributed by atoms with Crippen molar-refractivity contribution in [3.8, 4) is 5.75 Å². The molecule has 0 atom stereocenters. The van der Waals surface area contributed by atoms with Crippen LogP contribution in [0.25, 0.3) is 0 Å². The summed E-state index contributed by atoms with van der Waals surface area (Å²) < 4.78 is 41.4. The van der Waals surface area contributed by atoms with Gasteiger partial charge in [-0.05, 0) is 6.07 Å². The average molecular weight is 229 g/mol. The van der Waals surface area contributed by atoms with Crippen molar-refractivity contribution in [2.45, 2.75) is 0 Å². The SMILES string of the molecule is COc1ccc([B-](F)(F)F)c(N)c1.[K+]. The van der Waals surface area contributed by atoms with Crippen LogP contribution in [0.4, 0.5) is 18.6 Å². The van der Waals surface area contributed by atoms with Gasteiger partial charge in [-0.3, -0.25) is 0 Å². The Hall–Kier alpha value is 0.311. The van der Waals surface area contributed by atoms with Gasteiger partial charge in [-0.25, -0.2) is 0 Å². The first-order valence-corrected chi connectivity index (χ1v) is 3.58. The largest absolute Gasteiger partial charge is 1.00 e. The van der Waals surface area contributed by atoms with Gasteiger partial charge in [-0.1, -0.05) is 11.5 Å². The molecular weight excluding hydrogens is 221 g/mol. The predicted octanol–water partition coefficient (Wildman–Crippen LogP) is -1.66. The Labute approximate surface area is 122 Å². The quantitative estimate of drug-likeness (QED) is 0.486. The van der Waals surface area contributed by atoms with Gasteiger partial charge in [0.25, 0.3) is 0 Å². The number of methoxy groups -OCH3 is 1. The molecule has 0 amide bonds. The van der Waals surface area contributed by atoms with Crippen LogP contribution in [-0.2, 0) is 0 Å². The minimum Gasteiger partial charge on any atom is -0.497 e. The van der Waals surface area contributed by atoms with Crippen molar-refractivity contribution in [1.82, 2.24) is 0 Å². The monoisotopic (exact) mass is 229 g/mol. The van der Waals surface area contributed by atoms with Crippen LogP contribution in [0, 0.1) is 0 Å². The number of nitrogens with two attached hydrogens (primary N) is 1. The summed E-state index contributed by atoms with van der Waals surface area (Å²) >= 11 is 0. The van der Waals surface area contributed by atoms with Gasteiger partial charge in [-0.15, -0.1) is 0 Å². The first-order chi connectivity index (χ1) is 5.95. The van der Waals surface area contributed by atoms with Crippen molar-refractivity contribution >= 4 is 18.1 Å². The van der Waals surface area contributed by atoms with Crippen LogP contribution < -0.4 is 67.3 Å². The first kappa shape index (κ1) is 14.3. The summed E-state index contributed by atoms with van der Waals surface area (Å²) in [5.41, 5.74) is 4.12. The summed E-state index contributed by atoms with van der Waals surface area (Å²) in [6, 6.07) is 3.32. The van der Waals surface area contributed by atoms with Crippen LogP contribution >= 0.6 is 0 Å². The van der Waals surface area contributed by atoms with Crippen molar-refractivity contribution in [2.24, 2.45) is 0 Å². The third kappa shape index (κ3) is 3.47. The van der Waals surface area contributed by atoms with Gasteiger partial charge in [0.05, 0.1) is 7.11 Å². The number of hydrogen-bond donors (Lipinski definition) is 1. The Kier molecular flexibility index (Phi) is 5.53. The van der Waals surface area contributed by atoms with Gasteiger partial charge >= 0.3 is 58.4 Å². The number of rotatable bonds is 2. The molecule has 0 aliphatic carbocycles. The molecule has 0 unspecified atom stereocenters. The van der Waals surface area contributed by atoms with E-state index in [1.807, 2.05) is 0 Å². The molecule has 0 radical (unpaired) electrons. The first-order valence-electron chi connectivity index (χ1n) is 3.58. The topological polar surface area (TPSA) is 35.2 Å². The third-order valence-corrected chi connectivity index (χ3v) is 1.65. The van der Waals surface area contributed by atoms with Crippen molar-refractivity contribution in [3.63, 3.8) is 0 Å². The van der Waals surface area contributed by atoms with Crippen LogP contribution in [0.1, 0.15) is 0 Å². The van der Waals surface area contributed by atoms with Gasteiger partial charge < -0.3 is 23.4 Å². The number of hydrogen-bond acceptors (Lipinski definition) is 2. The second-order valence-electron chi connectivity index (χ2n) is 2.57. The van der Waals surface area contributed by atoms with E-state index in [0.29, 0.717) is 5.75 Å². The molecule has 0 aliphatic rings. The summed E-state index contributed by atoms with van der Waals surface area (Å²) in [6.45, 7) is -5.03. The number of halogens is 3. The minimum absolute atomic E-state index is 0. The van der Waals surface area contributed by atoms with E-state index in [4.69, 9.17) is 10.5 Å². The molecular formula is C7H8BF3KNO. The average Bonchev–Trinajstić information content (AvgIpc) is 2.01. The zero-order valence-corrected chi connectivity index (χ0v) is 11.1. The smallest absolute Gasteiger partial charge is 0.497 e. The fourth-order valence-corrected chi connectivity index (χ4v) is 0.978. The molecule has 14 heavy (non-hydrogen) atoms. The number of benzene rings is 1. The normalized spacial score (nSPS) is 10.6. The molecule has 1 rings (SSSR count). The zero-order valence-electron chi connectivity index (χ0n) is 7.93. The van der Waals surface area contributed by atoms with Crippen LogP contribution in [0.2, 0.25) is 0 Å². The van der Waals surface area contributed by atoms with E-state index in [0.717, 1.165) is 12.1 Å². The summed E-state index contributed by atoms with van der Waals surface area (Å²) in [6.07, 6.45) is 0. The van der Waals surface area contributed by atoms with Crippen molar-refractivity contribution in [3.05, 3.63) is 18.2 Å². The molecule has 0 aliphatic heterocycles. The Balaban J connectivity index is 0.00000169. The van der Waals surface area contributed by atoms with Gasteiger partial charge in [0.15, 0.2) is 0 Å². The van der Waals surface area contributed by atoms with E-state index in [-0.39, 0.29) is 57.1 Å². The van der Waals surface area contributed by atoms with Crippen molar-refractivity contribution in [2.75, 3.05) is 12.8 Å². The Morgan fingerprint density at radius 3 is 2.21 bits per heavy atom. The summed E-state index contributed by atoms with van der Waals surface area (Å²) in [7, 11) is 1.37. The molecule has 0 saturated heterocycles. The second-order valence-corrected chi connectivity index (χ2v) is 2.57. The molecule has 0 bridgehead atoms. The van der Waals surface area contributed by atoms with Crippen LogP contribution in [0.15, 0.2) is 18.2 Å². The van der Waals surface area contributed by atoms with Crippen molar-refractivity contribution in [1.29, 1.82) is 0 Å². The van der Waals surface area contributed by atoms with E-state index >= 15 is 0 Å². The molecule has 0 spiro atoms. The number of nitrogen functional groups attached to an aromatic ring is 1. The van der Waals surface area contributed by atoms with Crippen LogP contribution in [0.5, 0.6) is 5.75 Å². The van der Waals surface area contributed by atoms with E-state index < -0.39 is 12.4 Å². The summed E-state index contributed by atoms with van der Waals surface area (Å²) in [5, 5.41) is 0. The van der Waals surface area contributed by atoms with Crippen molar-refractivity contribution < 1.29 is 69.1 Å². The summed E-state index contributed by atoms with van der Waals surface area (Å²) in [5.74, 6) is 0.321. The van der Waals surface area contributed by atoms with E-state index in [9.17, 15) is 12.9 Å². The van der Waals surface area contributed by atoms with Crippen LogP contribution in [-0.4, -0.2) is 14.1 Å². The fourth-order valence-electron chi connectivity index (χ4n) is 0.978. The Morgan fingerprint density at radius 1 is 1.29 bits per heavy atom.